The molecule has 3 rings (SSSR count). The Bertz CT molecular complexity index is 637. The van der Waals surface area contributed by atoms with Gasteiger partial charge in [0.15, 0.2) is 0 Å². The first-order valence-electron chi connectivity index (χ1n) is 7.89. The quantitative estimate of drug-likeness (QED) is 0.866. The summed E-state index contributed by atoms with van der Waals surface area (Å²) in [6.07, 6.45) is 2.38. The van der Waals surface area contributed by atoms with Crippen molar-refractivity contribution in [3.63, 3.8) is 0 Å². The predicted molar refractivity (Wildman–Crippen MR) is 86.9 cm³/mol. The molecule has 0 bridgehead atoms. The molecule has 1 aliphatic rings. The van der Waals surface area contributed by atoms with Gasteiger partial charge in [-0.05, 0) is 44.0 Å². The molecule has 1 aromatic carbocycles. The lowest BCUT2D eigenvalue weighted by Crippen LogP contribution is -2.27. The second-order valence-electron chi connectivity index (χ2n) is 6.22. The highest BCUT2D eigenvalue weighted by Crippen LogP contribution is 2.38. The van der Waals surface area contributed by atoms with Gasteiger partial charge >= 0.3 is 0 Å². The third kappa shape index (κ3) is 2.86. The van der Waals surface area contributed by atoms with Crippen LogP contribution in [-0.4, -0.2) is 35.7 Å². The number of aromatic nitrogens is 2. The van der Waals surface area contributed by atoms with Gasteiger partial charge in [0, 0.05) is 32.7 Å². The normalized spacial score (nSPS) is 20.3. The van der Waals surface area contributed by atoms with Crippen molar-refractivity contribution in [2.24, 2.45) is 0 Å². The molecule has 5 heteroatoms. The average molecular weight is 300 g/mol. The Hall–Kier alpha value is -1.88. The maximum Gasteiger partial charge on any atom is 0.233 e. The molecule has 118 valence electrons. The number of hydrogen-bond donors (Lipinski definition) is 0. The van der Waals surface area contributed by atoms with E-state index in [9.17, 15) is 0 Å². The Morgan fingerprint density at radius 3 is 2.82 bits per heavy atom. The van der Waals surface area contributed by atoms with Gasteiger partial charge in [0.05, 0.1) is 6.04 Å². The minimum Gasteiger partial charge on any atom is -0.424 e. The van der Waals surface area contributed by atoms with Crippen molar-refractivity contribution in [1.29, 1.82) is 0 Å². The van der Waals surface area contributed by atoms with Crippen molar-refractivity contribution in [3.8, 4) is 0 Å². The van der Waals surface area contributed by atoms with Gasteiger partial charge in [-0.25, -0.2) is 0 Å². The van der Waals surface area contributed by atoms with E-state index in [0.717, 1.165) is 6.54 Å². The Morgan fingerprint density at radius 2 is 2.14 bits per heavy atom. The van der Waals surface area contributed by atoms with E-state index in [4.69, 9.17) is 4.42 Å². The summed E-state index contributed by atoms with van der Waals surface area (Å²) in [5, 5.41) is 8.16. The minimum atomic E-state index is 0.150. The fourth-order valence-electron chi connectivity index (χ4n) is 3.24. The van der Waals surface area contributed by atoms with E-state index in [1.807, 2.05) is 6.92 Å². The van der Waals surface area contributed by atoms with Crippen molar-refractivity contribution in [1.82, 2.24) is 15.1 Å². The van der Waals surface area contributed by atoms with Crippen LogP contribution >= 0.6 is 0 Å². The number of aryl methyl sites for hydroxylation is 1. The number of benzene rings is 1. The molecule has 2 aromatic rings. The molecule has 0 aliphatic carbocycles. The number of nitrogens with zero attached hydrogens (tertiary/aromatic N) is 4. The van der Waals surface area contributed by atoms with Gasteiger partial charge < -0.3 is 9.32 Å². The molecule has 1 fully saturated rings. The third-order valence-corrected chi connectivity index (χ3v) is 4.46. The van der Waals surface area contributed by atoms with Gasteiger partial charge in [-0.2, -0.15) is 0 Å². The molecule has 0 saturated carbocycles. The molecule has 0 radical (unpaired) electrons. The minimum absolute atomic E-state index is 0.150. The lowest BCUT2D eigenvalue weighted by molar-refractivity contribution is 0.167. The molecule has 0 amide bonds. The molecule has 22 heavy (non-hydrogen) atoms. The van der Waals surface area contributed by atoms with Crippen LogP contribution in [0.25, 0.3) is 0 Å². The fraction of sp³-hybridized carbons (Fsp3) is 0.529. The Morgan fingerprint density at radius 1 is 1.32 bits per heavy atom. The molecular formula is C17H24N4O. The number of rotatable bonds is 4. The summed E-state index contributed by atoms with van der Waals surface area (Å²) in [6, 6.07) is 9.37. The summed E-state index contributed by atoms with van der Waals surface area (Å²) in [5.41, 5.74) is 2.61. The molecule has 5 nitrogen and oxygen atoms in total. The van der Waals surface area contributed by atoms with Crippen LogP contribution < -0.4 is 4.90 Å². The van der Waals surface area contributed by atoms with Crippen LogP contribution in [0.3, 0.4) is 0 Å². The van der Waals surface area contributed by atoms with E-state index in [0.29, 0.717) is 17.8 Å². The predicted octanol–water partition coefficient (Wildman–Crippen LogP) is 3.34. The Labute approximate surface area is 131 Å². The van der Waals surface area contributed by atoms with Gasteiger partial charge in [-0.15, -0.1) is 10.2 Å². The Balaban J connectivity index is 1.85. The third-order valence-electron chi connectivity index (χ3n) is 4.46. The van der Waals surface area contributed by atoms with E-state index in [1.165, 1.54) is 24.1 Å². The van der Waals surface area contributed by atoms with Crippen molar-refractivity contribution in [2.75, 3.05) is 25.5 Å². The van der Waals surface area contributed by atoms with Crippen LogP contribution in [0.5, 0.6) is 0 Å². The molecule has 1 aromatic heterocycles. The number of anilines is 1. The molecular weight excluding hydrogens is 276 g/mol. The fourth-order valence-corrected chi connectivity index (χ4v) is 3.24. The first-order chi connectivity index (χ1) is 10.6. The number of hydrogen-bond acceptors (Lipinski definition) is 5. The maximum absolute atomic E-state index is 5.63. The van der Waals surface area contributed by atoms with E-state index in [-0.39, 0.29) is 6.04 Å². The van der Waals surface area contributed by atoms with E-state index >= 15 is 0 Å². The van der Waals surface area contributed by atoms with Crippen LogP contribution in [-0.2, 0) is 0 Å². The molecule has 1 aliphatic heterocycles. The van der Waals surface area contributed by atoms with Crippen LogP contribution in [0.15, 0.2) is 28.7 Å². The van der Waals surface area contributed by atoms with Crippen molar-refractivity contribution in [2.45, 2.75) is 38.8 Å². The lowest BCUT2D eigenvalue weighted by Gasteiger charge is -2.29. The lowest BCUT2D eigenvalue weighted by atomic mass is 10.0. The highest BCUT2D eigenvalue weighted by atomic mass is 16.4. The smallest absolute Gasteiger partial charge is 0.233 e. The largest absolute Gasteiger partial charge is 0.424 e. The van der Waals surface area contributed by atoms with Crippen molar-refractivity contribution < 1.29 is 4.42 Å². The van der Waals surface area contributed by atoms with Crippen molar-refractivity contribution in [3.05, 3.63) is 41.6 Å². The van der Waals surface area contributed by atoms with Gasteiger partial charge in [0.2, 0.25) is 11.8 Å². The molecule has 0 spiro atoms. The van der Waals surface area contributed by atoms with Crippen LogP contribution in [0, 0.1) is 6.92 Å². The van der Waals surface area contributed by atoms with Crippen LogP contribution in [0.2, 0.25) is 0 Å². The summed E-state index contributed by atoms with van der Waals surface area (Å²) in [5.74, 6) is 1.35. The average Bonchev–Trinajstić information content (AvgIpc) is 3.15. The summed E-state index contributed by atoms with van der Waals surface area (Å²) in [7, 11) is 4.16. The highest BCUT2D eigenvalue weighted by Gasteiger charge is 2.32. The first-order valence-corrected chi connectivity index (χ1v) is 7.89. The second-order valence-corrected chi connectivity index (χ2v) is 6.22. The topological polar surface area (TPSA) is 45.4 Å². The van der Waals surface area contributed by atoms with Gasteiger partial charge in [-0.3, -0.25) is 4.90 Å². The van der Waals surface area contributed by atoms with Gasteiger partial charge in [-0.1, -0.05) is 12.1 Å². The zero-order chi connectivity index (χ0) is 15.7. The zero-order valence-corrected chi connectivity index (χ0v) is 13.8. The first kappa shape index (κ1) is 15.0. The molecule has 2 heterocycles. The summed E-state index contributed by atoms with van der Waals surface area (Å²) in [6.45, 7) is 5.06. The SMILES string of the molecule is Cc1nnc(C(C)N2CCCC2c2cccc(N(C)C)c2)o1. The van der Waals surface area contributed by atoms with Crippen LogP contribution in [0.1, 0.15) is 49.2 Å². The summed E-state index contributed by atoms with van der Waals surface area (Å²) >= 11 is 0. The molecule has 1 saturated heterocycles. The van der Waals surface area contributed by atoms with Gasteiger partial charge in [0.1, 0.15) is 0 Å². The number of likely N-dealkylation sites (tertiary alicyclic amines) is 1. The Kier molecular flexibility index (Phi) is 4.16. The zero-order valence-electron chi connectivity index (χ0n) is 13.8. The molecule has 0 N–H and O–H groups in total. The van der Waals surface area contributed by atoms with E-state index < -0.39 is 0 Å². The monoisotopic (exact) mass is 300 g/mol. The highest BCUT2D eigenvalue weighted by molar-refractivity contribution is 5.48. The molecule has 2 atom stereocenters. The second kappa shape index (κ2) is 6.08. The standard InChI is InChI=1S/C17H24N4O/c1-12(17-19-18-13(2)22-17)21-10-6-9-16(21)14-7-5-8-15(11-14)20(3)4/h5,7-8,11-12,16H,6,9-10H2,1-4H3. The molecule has 2 unspecified atom stereocenters. The van der Waals surface area contributed by atoms with E-state index in [1.54, 1.807) is 0 Å². The van der Waals surface area contributed by atoms with Crippen molar-refractivity contribution >= 4 is 5.69 Å². The van der Waals surface area contributed by atoms with E-state index in [2.05, 4.69) is 65.3 Å². The maximum atomic E-state index is 5.63. The van der Waals surface area contributed by atoms with Gasteiger partial charge in [0.25, 0.3) is 0 Å². The summed E-state index contributed by atoms with van der Waals surface area (Å²) in [4.78, 5) is 4.62. The van der Waals surface area contributed by atoms with Crippen LogP contribution in [0.4, 0.5) is 5.69 Å². The summed E-state index contributed by atoms with van der Waals surface area (Å²) < 4.78 is 5.63.